The molecule has 17 heavy (non-hydrogen) atoms. The molecule has 0 aliphatic heterocycles. The first-order valence-electron chi connectivity index (χ1n) is 5.27. The summed E-state index contributed by atoms with van der Waals surface area (Å²) < 4.78 is 0. The van der Waals surface area contributed by atoms with Gasteiger partial charge in [0.05, 0.1) is 0 Å². The third-order valence-corrected chi connectivity index (χ3v) is 2.65. The molecule has 4 nitrogen and oxygen atoms in total. The van der Waals surface area contributed by atoms with Gasteiger partial charge in [-0.3, -0.25) is 4.98 Å². The number of aromatic nitrogens is 3. The molecule has 0 atom stereocenters. The molecule has 82 valence electrons. The van der Waals surface area contributed by atoms with Gasteiger partial charge < -0.3 is 5.73 Å². The minimum Gasteiger partial charge on any atom is -0.382 e. The monoisotopic (exact) mass is 222 g/mol. The largest absolute Gasteiger partial charge is 0.382 e. The van der Waals surface area contributed by atoms with Gasteiger partial charge in [0.2, 0.25) is 0 Å². The molecule has 4 heteroatoms. The topological polar surface area (TPSA) is 64.7 Å². The van der Waals surface area contributed by atoms with E-state index in [4.69, 9.17) is 5.73 Å². The van der Waals surface area contributed by atoms with Gasteiger partial charge in [0.1, 0.15) is 5.69 Å². The predicted molar refractivity (Wildman–Crippen MR) is 67.2 cm³/mol. The van der Waals surface area contributed by atoms with Gasteiger partial charge in [0.15, 0.2) is 5.82 Å². The van der Waals surface area contributed by atoms with Gasteiger partial charge in [0, 0.05) is 28.7 Å². The van der Waals surface area contributed by atoms with E-state index in [0.717, 1.165) is 22.0 Å². The van der Waals surface area contributed by atoms with Crippen molar-refractivity contribution in [2.45, 2.75) is 0 Å². The number of benzene rings is 1. The van der Waals surface area contributed by atoms with Crippen LogP contribution in [-0.4, -0.2) is 15.2 Å². The second-order valence-electron chi connectivity index (χ2n) is 3.72. The van der Waals surface area contributed by atoms with E-state index in [-0.39, 0.29) is 0 Å². The second kappa shape index (κ2) is 3.83. The van der Waals surface area contributed by atoms with Crippen molar-refractivity contribution in [3.8, 4) is 11.3 Å². The first kappa shape index (κ1) is 9.72. The van der Waals surface area contributed by atoms with E-state index < -0.39 is 0 Å². The number of anilines is 1. The number of hydrogen-bond acceptors (Lipinski definition) is 4. The van der Waals surface area contributed by atoms with Crippen molar-refractivity contribution in [1.82, 2.24) is 15.2 Å². The van der Waals surface area contributed by atoms with Crippen LogP contribution in [0.2, 0.25) is 0 Å². The molecule has 0 unspecified atom stereocenters. The van der Waals surface area contributed by atoms with Crippen LogP contribution in [0.4, 0.5) is 5.82 Å². The van der Waals surface area contributed by atoms with Crippen molar-refractivity contribution in [1.29, 1.82) is 0 Å². The molecule has 0 saturated carbocycles. The van der Waals surface area contributed by atoms with Crippen LogP contribution >= 0.6 is 0 Å². The number of fused-ring (bicyclic) bond motifs is 1. The molecule has 0 saturated heterocycles. The number of nitrogen functional groups attached to an aromatic ring is 1. The summed E-state index contributed by atoms with van der Waals surface area (Å²) in [5.74, 6) is 0.452. The maximum atomic E-state index is 5.81. The molecule has 1 aromatic carbocycles. The van der Waals surface area contributed by atoms with Crippen LogP contribution in [0.3, 0.4) is 0 Å². The Bertz CT molecular complexity index is 665. The maximum absolute atomic E-state index is 5.81. The Kier molecular flexibility index (Phi) is 2.19. The molecular formula is C13H10N4. The number of nitrogens with two attached hydrogens (primary N) is 1. The minimum absolute atomic E-state index is 0.452. The Balaban J connectivity index is 2.35. The Labute approximate surface area is 98.1 Å². The van der Waals surface area contributed by atoms with Crippen LogP contribution in [-0.2, 0) is 0 Å². The third-order valence-electron chi connectivity index (χ3n) is 2.65. The Morgan fingerprint density at radius 1 is 0.882 bits per heavy atom. The third kappa shape index (κ3) is 1.59. The summed E-state index contributed by atoms with van der Waals surface area (Å²) in [6.45, 7) is 0. The van der Waals surface area contributed by atoms with Crippen LogP contribution in [0.15, 0.2) is 48.8 Å². The average Bonchev–Trinajstić information content (AvgIpc) is 2.41. The van der Waals surface area contributed by atoms with Crippen molar-refractivity contribution in [2.24, 2.45) is 0 Å². The SMILES string of the molecule is Nc1nnc(-c2cccnc2)c2ccccc12. The zero-order valence-corrected chi connectivity index (χ0v) is 9.04. The Hall–Kier alpha value is -2.49. The molecule has 2 aromatic heterocycles. The lowest BCUT2D eigenvalue weighted by atomic mass is 10.1. The predicted octanol–water partition coefficient (Wildman–Crippen LogP) is 2.27. The van der Waals surface area contributed by atoms with Crippen LogP contribution in [0.5, 0.6) is 0 Å². The lowest BCUT2D eigenvalue weighted by molar-refractivity contribution is 1.06. The summed E-state index contributed by atoms with van der Waals surface area (Å²) in [4.78, 5) is 4.09. The number of rotatable bonds is 1. The lowest BCUT2D eigenvalue weighted by Crippen LogP contribution is -1.97. The molecule has 3 aromatic rings. The highest BCUT2D eigenvalue weighted by molar-refractivity contribution is 5.99. The molecule has 2 heterocycles. The van der Waals surface area contributed by atoms with Gasteiger partial charge in [0.25, 0.3) is 0 Å². The first-order chi connectivity index (χ1) is 8.36. The summed E-state index contributed by atoms with van der Waals surface area (Å²) in [6, 6.07) is 11.7. The number of pyridine rings is 1. The van der Waals surface area contributed by atoms with Gasteiger partial charge in [-0.1, -0.05) is 24.3 Å². The van der Waals surface area contributed by atoms with E-state index in [1.807, 2.05) is 36.4 Å². The van der Waals surface area contributed by atoms with Gasteiger partial charge >= 0.3 is 0 Å². The van der Waals surface area contributed by atoms with E-state index in [2.05, 4.69) is 15.2 Å². The van der Waals surface area contributed by atoms with E-state index >= 15 is 0 Å². The molecule has 0 amide bonds. The van der Waals surface area contributed by atoms with Gasteiger partial charge in [-0.25, -0.2) is 0 Å². The fourth-order valence-electron chi connectivity index (χ4n) is 1.84. The van der Waals surface area contributed by atoms with Crippen molar-refractivity contribution in [3.05, 3.63) is 48.8 Å². The molecule has 0 fully saturated rings. The van der Waals surface area contributed by atoms with Gasteiger partial charge in [-0.05, 0) is 12.1 Å². The standard InChI is InChI=1S/C13H10N4/c14-13-11-6-2-1-5-10(11)12(16-17-13)9-4-3-7-15-8-9/h1-8H,(H2,14,17). The van der Waals surface area contributed by atoms with E-state index in [1.54, 1.807) is 12.4 Å². The van der Waals surface area contributed by atoms with Crippen LogP contribution in [0, 0.1) is 0 Å². The second-order valence-corrected chi connectivity index (χ2v) is 3.72. The summed E-state index contributed by atoms with van der Waals surface area (Å²) >= 11 is 0. The zero-order chi connectivity index (χ0) is 11.7. The van der Waals surface area contributed by atoms with E-state index in [9.17, 15) is 0 Å². The molecular weight excluding hydrogens is 212 g/mol. The van der Waals surface area contributed by atoms with Crippen molar-refractivity contribution >= 4 is 16.6 Å². The molecule has 0 aliphatic carbocycles. The fourth-order valence-corrected chi connectivity index (χ4v) is 1.84. The molecule has 0 spiro atoms. The first-order valence-corrected chi connectivity index (χ1v) is 5.27. The van der Waals surface area contributed by atoms with Gasteiger partial charge in [-0.15, -0.1) is 10.2 Å². The number of nitrogens with zero attached hydrogens (tertiary/aromatic N) is 3. The van der Waals surface area contributed by atoms with Crippen LogP contribution in [0.25, 0.3) is 22.0 Å². The Morgan fingerprint density at radius 2 is 1.71 bits per heavy atom. The fraction of sp³-hybridized carbons (Fsp3) is 0. The summed E-state index contributed by atoms with van der Waals surface area (Å²) in [5, 5.41) is 10.1. The van der Waals surface area contributed by atoms with E-state index in [1.165, 1.54) is 0 Å². The zero-order valence-electron chi connectivity index (χ0n) is 9.04. The number of hydrogen-bond donors (Lipinski definition) is 1. The highest BCUT2D eigenvalue weighted by Crippen LogP contribution is 2.27. The van der Waals surface area contributed by atoms with Crippen LogP contribution < -0.4 is 5.73 Å². The molecule has 0 radical (unpaired) electrons. The molecule has 2 N–H and O–H groups in total. The summed E-state index contributed by atoms with van der Waals surface area (Å²) in [5.41, 5.74) is 7.56. The smallest absolute Gasteiger partial charge is 0.154 e. The average molecular weight is 222 g/mol. The molecule has 3 rings (SSSR count). The lowest BCUT2D eigenvalue weighted by Gasteiger charge is -2.05. The van der Waals surface area contributed by atoms with Crippen molar-refractivity contribution in [3.63, 3.8) is 0 Å². The quantitative estimate of drug-likeness (QED) is 0.686. The van der Waals surface area contributed by atoms with Crippen LogP contribution in [0.1, 0.15) is 0 Å². The molecule has 0 aliphatic rings. The normalized spacial score (nSPS) is 10.6. The highest BCUT2D eigenvalue weighted by Gasteiger charge is 2.08. The Morgan fingerprint density at radius 3 is 2.47 bits per heavy atom. The summed E-state index contributed by atoms with van der Waals surface area (Å²) in [6.07, 6.45) is 3.50. The highest BCUT2D eigenvalue weighted by atomic mass is 15.1. The van der Waals surface area contributed by atoms with Crippen molar-refractivity contribution in [2.75, 3.05) is 5.73 Å². The van der Waals surface area contributed by atoms with Crippen molar-refractivity contribution < 1.29 is 0 Å². The molecule has 0 bridgehead atoms. The summed E-state index contributed by atoms with van der Waals surface area (Å²) in [7, 11) is 0. The maximum Gasteiger partial charge on any atom is 0.154 e. The van der Waals surface area contributed by atoms with E-state index in [0.29, 0.717) is 5.82 Å². The van der Waals surface area contributed by atoms with Gasteiger partial charge in [-0.2, -0.15) is 0 Å². The minimum atomic E-state index is 0.452.